The van der Waals surface area contributed by atoms with Crippen LogP contribution in [0.2, 0.25) is 0 Å². The smallest absolute Gasteiger partial charge is 0.262 e. The lowest BCUT2D eigenvalue weighted by atomic mass is 10.0. The topological polar surface area (TPSA) is 58.6 Å². The Morgan fingerprint density at radius 3 is 2.48 bits per heavy atom. The second kappa shape index (κ2) is 8.66. The Bertz CT molecular complexity index is 847. The highest BCUT2D eigenvalue weighted by Gasteiger charge is 2.17. The molecule has 2 rings (SSSR count). The van der Waals surface area contributed by atoms with Gasteiger partial charge in [0, 0.05) is 14.1 Å². The molecule has 0 atom stereocenters. The summed E-state index contributed by atoms with van der Waals surface area (Å²) < 4.78 is 19.2. The van der Waals surface area contributed by atoms with E-state index in [4.69, 9.17) is 4.74 Å². The molecule has 144 valence electrons. The molecule has 27 heavy (non-hydrogen) atoms. The molecule has 0 fully saturated rings. The normalized spacial score (nSPS) is 10.6. The van der Waals surface area contributed by atoms with Gasteiger partial charge in [0.05, 0.1) is 11.3 Å². The minimum Gasteiger partial charge on any atom is -0.483 e. The summed E-state index contributed by atoms with van der Waals surface area (Å²) in [5.41, 5.74) is 2.38. The van der Waals surface area contributed by atoms with E-state index < -0.39 is 17.6 Å². The summed E-state index contributed by atoms with van der Waals surface area (Å²) in [5.74, 6) is -0.383. The van der Waals surface area contributed by atoms with E-state index in [2.05, 4.69) is 19.2 Å². The molecule has 0 spiro atoms. The molecule has 0 aromatic heterocycles. The van der Waals surface area contributed by atoms with Gasteiger partial charge in [-0.25, -0.2) is 4.39 Å². The van der Waals surface area contributed by atoms with Gasteiger partial charge in [0.2, 0.25) is 0 Å². The Kier molecular flexibility index (Phi) is 6.55. The first-order valence-corrected chi connectivity index (χ1v) is 8.73. The SMILES string of the molecule is Cc1ccc(C(C)C)cc1OCC(=O)Nc1ccc(F)cc1C(=O)N(C)C. The fourth-order valence-electron chi connectivity index (χ4n) is 2.50. The summed E-state index contributed by atoms with van der Waals surface area (Å²) in [4.78, 5) is 25.8. The molecule has 6 heteroatoms. The van der Waals surface area contributed by atoms with Crippen LogP contribution in [-0.2, 0) is 4.79 Å². The van der Waals surface area contributed by atoms with Crippen LogP contribution in [-0.4, -0.2) is 37.4 Å². The summed E-state index contributed by atoms with van der Waals surface area (Å²) in [7, 11) is 3.12. The number of benzene rings is 2. The molecule has 0 saturated carbocycles. The first-order valence-electron chi connectivity index (χ1n) is 8.73. The van der Waals surface area contributed by atoms with E-state index >= 15 is 0 Å². The lowest BCUT2D eigenvalue weighted by Crippen LogP contribution is -2.26. The van der Waals surface area contributed by atoms with Crippen molar-refractivity contribution in [2.75, 3.05) is 26.0 Å². The Morgan fingerprint density at radius 1 is 1.15 bits per heavy atom. The van der Waals surface area contributed by atoms with Gasteiger partial charge in [-0.1, -0.05) is 26.0 Å². The van der Waals surface area contributed by atoms with Crippen molar-refractivity contribution < 1.29 is 18.7 Å². The number of nitrogens with one attached hydrogen (secondary N) is 1. The molecule has 0 aliphatic heterocycles. The maximum Gasteiger partial charge on any atom is 0.262 e. The van der Waals surface area contributed by atoms with Crippen molar-refractivity contribution in [2.45, 2.75) is 26.7 Å². The molecule has 2 aromatic rings. The van der Waals surface area contributed by atoms with E-state index in [1.165, 1.54) is 17.0 Å². The van der Waals surface area contributed by atoms with Gasteiger partial charge in [-0.3, -0.25) is 9.59 Å². The summed E-state index contributed by atoms with van der Waals surface area (Å²) >= 11 is 0. The zero-order valence-electron chi connectivity index (χ0n) is 16.3. The molecule has 2 aromatic carbocycles. The highest BCUT2D eigenvalue weighted by molar-refractivity contribution is 6.03. The number of anilines is 1. The number of amides is 2. The third-order valence-corrected chi connectivity index (χ3v) is 4.13. The summed E-state index contributed by atoms with van der Waals surface area (Å²) in [6.07, 6.45) is 0. The van der Waals surface area contributed by atoms with Crippen molar-refractivity contribution in [1.29, 1.82) is 0 Å². The summed E-state index contributed by atoms with van der Waals surface area (Å²) in [6, 6.07) is 9.58. The average molecular weight is 372 g/mol. The summed E-state index contributed by atoms with van der Waals surface area (Å²) in [6.45, 7) is 5.86. The van der Waals surface area contributed by atoms with E-state index in [1.54, 1.807) is 14.1 Å². The standard InChI is InChI=1S/C21H25FN2O3/c1-13(2)15-7-6-14(3)19(10-15)27-12-20(25)23-18-9-8-16(22)11-17(18)21(26)24(4)5/h6-11,13H,12H2,1-5H3,(H,23,25). The number of rotatable bonds is 6. The van der Waals surface area contributed by atoms with Gasteiger partial charge < -0.3 is 15.0 Å². The maximum absolute atomic E-state index is 13.5. The zero-order valence-corrected chi connectivity index (χ0v) is 16.3. The minimum atomic E-state index is -0.546. The van der Waals surface area contributed by atoms with Crippen molar-refractivity contribution in [3.63, 3.8) is 0 Å². The second-order valence-corrected chi connectivity index (χ2v) is 6.91. The molecule has 0 saturated heterocycles. The number of aryl methyl sites for hydroxylation is 1. The predicted molar refractivity (Wildman–Crippen MR) is 104 cm³/mol. The fraction of sp³-hybridized carbons (Fsp3) is 0.333. The lowest BCUT2D eigenvalue weighted by molar-refractivity contribution is -0.118. The Morgan fingerprint density at radius 2 is 1.85 bits per heavy atom. The van der Waals surface area contributed by atoms with Crippen LogP contribution >= 0.6 is 0 Å². The van der Waals surface area contributed by atoms with Crippen LogP contribution < -0.4 is 10.1 Å². The van der Waals surface area contributed by atoms with Crippen molar-refractivity contribution in [3.05, 3.63) is 58.9 Å². The fourth-order valence-corrected chi connectivity index (χ4v) is 2.50. The predicted octanol–water partition coefficient (Wildman–Crippen LogP) is 3.98. The van der Waals surface area contributed by atoms with Gasteiger partial charge in [0.1, 0.15) is 11.6 Å². The van der Waals surface area contributed by atoms with Crippen molar-refractivity contribution >= 4 is 17.5 Å². The quantitative estimate of drug-likeness (QED) is 0.834. The monoisotopic (exact) mass is 372 g/mol. The van der Waals surface area contributed by atoms with E-state index in [9.17, 15) is 14.0 Å². The number of carbonyl (C=O) groups is 2. The molecule has 5 nitrogen and oxygen atoms in total. The third-order valence-electron chi connectivity index (χ3n) is 4.13. The molecule has 2 amide bonds. The van der Waals surface area contributed by atoms with E-state index in [1.807, 2.05) is 25.1 Å². The maximum atomic E-state index is 13.5. The Labute approximate surface area is 159 Å². The molecule has 0 unspecified atom stereocenters. The van der Waals surface area contributed by atoms with E-state index in [0.29, 0.717) is 11.7 Å². The third kappa shape index (κ3) is 5.29. The first kappa shape index (κ1) is 20.4. The second-order valence-electron chi connectivity index (χ2n) is 6.91. The van der Waals surface area contributed by atoms with Crippen LogP contribution in [0.15, 0.2) is 36.4 Å². The molecule has 0 bridgehead atoms. The Balaban J connectivity index is 2.11. The molecule has 0 radical (unpaired) electrons. The highest BCUT2D eigenvalue weighted by Crippen LogP contribution is 2.24. The number of halogens is 1. The van der Waals surface area contributed by atoms with Crippen molar-refractivity contribution in [2.24, 2.45) is 0 Å². The van der Waals surface area contributed by atoms with Crippen LogP contribution in [0, 0.1) is 12.7 Å². The van der Waals surface area contributed by atoms with E-state index in [0.717, 1.165) is 17.2 Å². The van der Waals surface area contributed by atoms with Gasteiger partial charge in [-0.2, -0.15) is 0 Å². The zero-order chi connectivity index (χ0) is 20.1. The van der Waals surface area contributed by atoms with Crippen molar-refractivity contribution in [1.82, 2.24) is 4.90 Å². The number of ether oxygens (including phenoxy) is 1. The van der Waals surface area contributed by atoms with Crippen LogP contribution in [0.3, 0.4) is 0 Å². The summed E-state index contributed by atoms with van der Waals surface area (Å²) in [5, 5.41) is 2.62. The largest absolute Gasteiger partial charge is 0.483 e. The van der Waals surface area contributed by atoms with Gasteiger partial charge >= 0.3 is 0 Å². The molecule has 0 aliphatic carbocycles. The molecular formula is C21H25FN2O3. The lowest BCUT2D eigenvalue weighted by Gasteiger charge is -2.16. The molecule has 0 aliphatic rings. The number of hydrogen-bond donors (Lipinski definition) is 1. The number of nitrogens with zero attached hydrogens (tertiary/aromatic N) is 1. The van der Waals surface area contributed by atoms with Gasteiger partial charge in [0.15, 0.2) is 6.61 Å². The Hall–Kier alpha value is -2.89. The molecule has 1 N–H and O–H groups in total. The average Bonchev–Trinajstić information content (AvgIpc) is 2.61. The van der Waals surface area contributed by atoms with Gasteiger partial charge in [-0.15, -0.1) is 0 Å². The van der Waals surface area contributed by atoms with Crippen LogP contribution in [0.4, 0.5) is 10.1 Å². The van der Waals surface area contributed by atoms with Gasteiger partial charge in [-0.05, 0) is 48.2 Å². The van der Waals surface area contributed by atoms with Crippen molar-refractivity contribution in [3.8, 4) is 5.75 Å². The molecular weight excluding hydrogens is 347 g/mol. The van der Waals surface area contributed by atoms with Crippen LogP contribution in [0.5, 0.6) is 5.75 Å². The number of carbonyl (C=O) groups excluding carboxylic acids is 2. The number of hydrogen-bond acceptors (Lipinski definition) is 3. The van der Waals surface area contributed by atoms with Gasteiger partial charge in [0.25, 0.3) is 11.8 Å². The van der Waals surface area contributed by atoms with Crippen LogP contribution in [0.25, 0.3) is 0 Å². The first-order chi connectivity index (χ1) is 12.7. The molecule has 0 heterocycles. The minimum absolute atomic E-state index is 0.0892. The van der Waals surface area contributed by atoms with E-state index in [-0.39, 0.29) is 17.9 Å². The highest BCUT2D eigenvalue weighted by atomic mass is 19.1. The van der Waals surface area contributed by atoms with Crippen LogP contribution in [0.1, 0.15) is 41.3 Å².